The van der Waals surface area contributed by atoms with Gasteiger partial charge >= 0.3 is 39.5 Å². The van der Waals surface area contributed by atoms with Gasteiger partial charge in [-0.1, -0.05) is 344 Å². The number of aliphatic hydroxyl groups excluding tert-OH is 1. The molecule has 0 aromatic rings. The average Bonchev–Trinajstić information content (AvgIpc) is 3.79. The molecule has 0 saturated heterocycles. The molecule has 0 aromatic heterocycles. The van der Waals surface area contributed by atoms with Crippen LogP contribution in [0.25, 0.3) is 0 Å². The number of phosphoric acid groups is 2. The van der Waals surface area contributed by atoms with Crippen molar-refractivity contribution in [2.45, 2.75) is 414 Å². The van der Waals surface area contributed by atoms with Gasteiger partial charge in [-0.2, -0.15) is 0 Å². The van der Waals surface area contributed by atoms with Crippen molar-refractivity contribution in [1.29, 1.82) is 0 Å². The van der Waals surface area contributed by atoms with E-state index >= 15 is 0 Å². The molecule has 0 radical (unpaired) electrons. The number of rotatable bonds is 75. The number of aliphatic hydroxyl groups is 1. The Morgan fingerprint density at radius 2 is 0.495 bits per heavy atom. The maximum Gasteiger partial charge on any atom is 0.472 e. The molecule has 576 valence electrons. The Hall–Kier alpha value is -1.94. The van der Waals surface area contributed by atoms with Crippen molar-refractivity contribution in [2.24, 2.45) is 23.7 Å². The predicted molar refractivity (Wildman–Crippen MR) is 395 cm³/mol. The van der Waals surface area contributed by atoms with E-state index in [1.54, 1.807) is 0 Å². The van der Waals surface area contributed by atoms with Crippen molar-refractivity contribution >= 4 is 39.5 Å². The van der Waals surface area contributed by atoms with E-state index in [0.29, 0.717) is 25.7 Å². The zero-order valence-electron chi connectivity index (χ0n) is 63.7. The Morgan fingerprint density at radius 1 is 0.289 bits per heavy atom. The lowest BCUT2D eigenvalue weighted by Crippen LogP contribution is -2.30. The van der Waals surface area contributed by atoms with Crippen molar-refractivity contribution in [3.8, 4) is 0 Å². The summed E-state index contributed by atoms with van der Waals surface area (Å²) in [5.41, 5.74) is 0. The molecule has 0 rings (SSSR count). The van der Waals surface area contributed by atoms with E-state index in [1.165, 1.54) is 193 Å². The minimum Gasteiger partial charge on any atom is -0.462 e. The number of carbonyl (C=O) groups is 4. The number of carbonyl (C=O) groups excluding carboxylic acids is 4. The first-order valence-electron chi connectivity index (χ1n) is 40.3. The summed E-state index contributed by atoms with van der Waals surface area (Å²) < 4.78 is 68.5. The van der Waals surface area contributed by atoms with Gasteiger partial charge in [0.2, 0.25) is 0 Å². The van der Waals surface area contributed by atoms with Gasteiger partial charge in [-0.05, 0) is 49.4 Å². The molecule has 7 atom stereocenters. The Labute approximate surface area is 594 Å². The largest absolute Gasteiger partial charge is 0.472 e. The summed E-state index contributed by atoms with van der Waals surface area (Å²) in [5, 5.41) is 10.6. The van der Waals surface area contributed by atoms with E-state index < -0.39 is 97.5 Å². The number of hydrogen-bond acceptors (Lipinski definition) is 15. The smallest absolute Gasteiger partial charge is 0.462 e. The number of ether oxygens (including phenoxy) is 4. The fraction of sp³-hybridized carbons (Fsp3) is 0.949. The van der Waals surface area contributed by atoms with Gasteiger partial charge in [0.15, 0.2) is 12.2 Å². The lowest BCUT2D eigenvalue weighted by atomic mass is 10.00. The number of hydrogen-bond donors (Lipinski definition) is 3. The van der Waals surface area contributed by atoms with Crippen molar-refractivity contribution in [2.75, 3.05) is 39.6 Å². The molecule has 0 spiro atoms. The molecule has 0 aromatic carbocycles. The van der Waals surface area contributed by atoms with Crippen LogP contribution in [0, 0.1) is 23.7 Å². The minimum absolute atomic E-state index is 0.102. The Balaban J connectivity index is 5.22. The first-order chi connectivity index (χ1) is 46.7. The molecule has 0 amide bonds. The molecule has 0 aliphatic rings. The van der Waals surface area contributed by atoms with Crippen LogP contribution in [-0.4, -0.2) is 96.7 Å². The first kappa shape index (κ1) is 95.1. The second-order valence-corrected chi connectivity index (χ2v) is 32.4. The molecule has 0 heterocycles. The highest BCUT2D eigenvalue weighted by atomic mass is 31.2. The van der Waals surface area contributed by atoms with Crippen molar-refractivity contribution in [1.82, 2.24) is 0 Å². The fourth-order valence-corrected chi connectivity index (χ4v) is 13.4. The van der Waals surface area contributed by atoms with Crippen LogP contribution in [0.2, 0.25) is 0 Å². The number of esters is 4. The van der Waals surface area contributed by atoms with Crippen LogP contribution in [0.5, 0.6) is 0 Å². The van der Waals surface area contributed by atoms with Crippen LogP contribution in [0.1, 0.15) is 396 Å². The van der Waals surface area contributed by atoms with Gasteiger partial charge in [0.1, 0.15) is 19.3 Å². The zero-order valence-corrected chi connectivity index (χ0v) is 65.5. The lowest BCUT2D eigenvalue weighted by molar-refractivity contribution is -0.161. The van der Waals surface area contributed by atoms with E-state index in [9.17, 15) is 43.2 Å². The van der Waals surface area contributed by atoms with Gasteiger partial charge in [0, 0.05) is 25.7 Å². The Bertz CT molecular complexity index is 1910. The standard InChI is InChI=1S/C78H152O17P2/c1-9-70(7)56-48-40-34-36-43-51-59-76(81)89-65-74(95-78(83)61-53-45-37-35-41-49-57-71(8)10-2)67-93-97(86,87)91-63-72(79)62-90-96(84,85)92-66-73(94-77(82)60-52-44-33-29-25-21-17-13-15-19-23-27-31-39-47-55-69(5)6)64-88-75(80)58-50-42-32-28-24-20-16-12-11-14-18-22-26-30-38-46-54-68(3)4/h68-74,79H,9-67H2,1-8H3,(H,84,85)(H,86,87)/t70?,71?,72-,73-,74-/m1/s1. The molecule has 0 fully saturated rings. The lowest BCUT2D eigenvalue weighted by Gasteiger charge is -2.21. The third-order valence-corrected chi connectivity index (χ3v) is 20.7. The molecule has 0 aliphatic heterocycles. The van der Waals surface area contributed by atoms with Crippen molar-refractivity contribution < 1.29 is 80.2 Å². The predicted octanol–water partition coefficient (Wildman–Crippen LogP) is 22.8. The van der Waals surface area contributed by atoms with E-state index in [-0.39, 0.29) is 25.7 Å². The van der Waals surface area contributed by atoms with E-state index in [0.717, 1.165) is 120 Å². The van der Waals surface area contributed by atoms with E-state index in [4.69, 9.17) is 37.0 Å². The zero-order chi connectivity index (χ0) is 71.7. The minimum atomic E-state index is -4.96. The van der Waals surface area contributed by atoms with Crippen LogP contribution in [0.4, 0.5) is 0 Å². The van der Waals surface area contributed by atoms with Crippen LogP contribution in [0.3, 0.4) is 0 Å². The second kappa shape index (κ2) is 67.2. The molecule has 19 heteroatoms. The van der Waals surface area contributed by atoms with Crippen LogP contribution in [-0.2, 0) is 65.4 Å². The SMILES string of the molecule is CCC(C)CCCCCCCCC(=O)OC[C@H](COP(=O)(O)OC[C@H](O)COP(=O)(O)OC[C@@H](COC(=O)CCCCCCCCCCCCCCCCCCC(C)C)OC(=O)CCCCCCCCCCCCCCCCCC(C)C)OC(=O)CCCCCCCCC(C)CC. The summed E-state index contributed by atoms with van der Waals surface area (Å²) in [6.07, 6.45) is 52.9. The molecule has 0 bridgehead atoms. The third kappa shape index (κ3) is 69.5. The molecular formula is C78H152O17P2. The van der Waals surface area contributed by atoms with E-state index in [1.807, 2.05) is 0 Å². The van der Waals surface area contributed by atoms with Crippen LogP contribution < -0.4 is 0 Å². The molecule has 4 unspecified atom stereocenters. The number of phosphoric ester groups is 2. The Morgan fingerprint density at radius 3 is 0.732 bits per heavy atom. The van der Waals surface area contributed by atoms with E-state index in [2.05, 4.69) is 55.4 Å². The highest BCUT2D eigenvalue weighted by Crippen LogP contribution is 2.45. The maximum absolute atomic E-state index is 13.1. The molecule has 17 nitrogen and oxygen atoms in total. The normalized spacial score (nSPS) is 14.6. The summed E-state index contributed by atoms with van der Waals surface area (Å²) in [6, 6.07) is 0. The molecule has 0 saturated carbocycles. The highest BCUT2D eigenvalue weighted by Gasteiger charge is 2.30. The summed E-state index contributed by atoms with van der Waals surface area (Å²) in [6.45, 7) is 14.2. The van der Waals surface area contributed by atoms with Gasteiger partial charge in [-0.25, -0.2) is 9.13 Å². The third-order valence-electron chi connectivity index (χ3n) is 18.8. The van der Waals surface area contributed by atoms with Gasteiger partial charge in [0.05, 0.1) is 26.4 Å². The molecular weight excluding hydrogens is 1270 g/mol. The first-order valence-corrected chi connectivity index (χ1v) is 43.3. The Kier molecular flexibility index (Phi) is 65.9. The summed E-state index contributed by atoms with van der Waals surface area (Å²) in [5.74, 6) is 0.944. The second-order valence-electron chi connectivity index (χ2n) is 29.5. The van der Waals surface area contributed by atoms with Crippen LogP contribution >= 0.6 is 15.6 Å². The number of unbranched alkanes of at least 4 members (excludes halogenated alkanes) is 39. The van der Waals surface area contributed by atoms with Gasteiger partial charge < -0.3 is 33.8 Å². The maximum atomic E-state index is 13.1. The summed E-state index contributed by atoms with van der Waals surface area (Å²) in [4.78, 5) is 72.8. The summed E-state index contributed by atoms with van der Waals surface area (Å²) in [7, 11) is -9.91. The summed E-state index contributed by atoms with van der Waals surface area (Å²) >= 11 is 0. The average molecular weight is 1420 g/mol. The van der Waals surface area contributed by atoms with Crippen molar-refractivity contribution in [3.05, 3.63) is 0 Å². The van der Waals surface area contributed by atoms with Crippen LogP contribution in [0.15, 0.2) is 0 Å². The van der Waals surface area contributed by atoms with Gasteiger partial charge in [-0.15, -0.1) is 0 Å². The molecule has 0 aliphatic carbocycles. The fourth-order valence-electron chi connectivity index (χ4n) is 11.8. The van der Waals surface area contributed by atoms with Gasteiger partial charge in [0.25, 0.3) is 0 Å². The highest BCUT2D eigenvalue weighted by molar-refractivity contribution is 7.47. The van der Waals surface area contributed by atoms with Gasteiger partial charge in [-0.3, -0.25) is 37.3 Å². The monoisotopic (exact) mass is 1420 g/mol. The van der Waals surface area contributed by atoms with Crippen molar-refractivity contribution in [3.63, 3.8) is 0 Å². The topological polar surface area (TPSA) is 237 Å². The molecule has 3 N–H and O–H groups in total. The molecule has 97 heavy (non-hydrogen) atoms. The quantitative estimate of drug-likeness (QED) is 0.0222.